The van der Waals surface area contributed by atoms with E-state index < -0.39 is 0 Å². The Balaban J connectivity index is 2.29. The van der Waals surface area contributed by atoms with Crippen LogP contribution in [0.25, 0.3) is 0 Å². The summed E-state index contributed by atoms with van der Waals surface area (Å²) in [5.41, 5.74) is 8.94. The van der Waals surface area contributed by atoms with Crippen molar-refractivity contribution in [2.75, 3.05) is 18.0 Å². The van der Waals surface area contributed by atoms with E-state index in [1.165, 1.54) is 31.2 Å². The Morgan fingerprint density at radius 2 is 2.20 bits per heavy atom. The van der Waals surface area contributed by atoms with E-state index >= 15 is 0 Å². The van der Waals surface area contributed by atoms with Crippen molar-refractivity contribution in [2.45, 2.75) is 39.5 Å². The quantitative estimate of drug-likeness (QED) is 0.385. The van der Waals surface area contributed by atoms with Crippen molar-refractivity contribution < 1.29 is 5.21 Å². The minimum absolute atomic E-state index is 0.191. The van der Waals surface area contributed by atoms with Gasteiger partial charge in [0.2, 0.25) is 0 Å². The summed E-state index contributed by atoms with van der Waals surface area (Å²) >= 11 is 0. The molecule has 110 valence electrons. The highest BCUT2D eigenvalue weighted by Crippen LogP contribution is 2.27. The maximum Gasteiger partial charge on any atom is 0.172 e. The SMILES string of the molecule is CCC1CCCN(c2cc(C)ccc2C(N)=NO)CC1. The first-order valence-corrected chi connectivity index (χ1v) is 7.49. The number of nitrogens with zero attached hydrogens (tertiary/aromatic N) is 2. The van der Waals surface area contributed by atoms with Gasteiger partial charge in [0.25, 0.3) is 0 Å². The number of hydrogen-bond acceptors (Lipinski definition) is 3. The van der Waals surface area contributed by atoms with Gasteiger partial charge in [-0.3, -0.25) is 0 Å². The summed E-state index contributed by atoms with van der Waals surface area (Å²) in [6.07, 6.45) is 4.99. The highest BCUT2D eigenvalue weighted by molar-refractivity contribution is 6.02. The van der Waals surface area contributed by atoms with Gasteiger partial charge in [0.1, 0.15) is 0 Å². The number of amidine groups is 1. The van der Waals surface area contributed by atoms with Crippen molar-refractivity contribution in [3.05, 3.63) is 29.3 Å². The Bertz CT molecular complexity index is 485. The lowest BCUT2D eigenvalue weighted by atomic mass is 9.98. The third kappa shape index (κ3) is 3.24. The fourth-order valence-corrected chi connectivity index (χ4v) is 2.99. The molecule has 1 unspecified atom stereocenters. The lowest BCUT2D eigenvalue weighted by Gasteiger charge is -2.25. The zero-order chi connectivity index (χ0) is 14.5. The number of hydrogen-bond donors (Lipinski definition) is 2. The molecule has 1 aliphatic rings. The van der Waals surface area contributed by atoms with Crippen molar-refractivity contribution in [1.82, 2.24) is 0 Å². The summed E-state index contributed by atoms with van der Waals surface area (Å²) in [5.74, 6) is 1.02. The zero-order valence-electron chi connectivity index (χ0n) is 12.5. The second kappa shape index (κ2) is 6.64. The highest BCUT2D eigenvalue weighted by atomic mass is 16.4. The van der Waals surface area contributed by atoms with E-state index in [0.29, 0.717) is 0 Å². The van der Waals surface area contributed by atoms with Crippen LogP contribution in [0.2, 0.25) is 0 Å². The average Bonchev–Trinajstić information content (AvgIpc) is 2.71. The van der Waals surface area contributed by atoms with Gasteiger partial charge in [-0.25, -0.2) is 0 Å². The summed E-state index contributed by atoms with van der Waals surface area (Å²) in [6, 6.07) is 6.09. The number of benzene rings is 1. The normalized spacial score (nSPS) is 20.8. The molecule has 0 saturated carbocycles. The van der Waals surface area contributed by atoms with Gasteiger partial charge in [-0.2, -0.15) is 0 Å². The first-order chi connectivity index (χ1) is 9.65. The maximum atomic E-state index is 8.96. The van der Waals surface area contributed by atoms with Crippen LogP contribution in [0.15, 0.2) is 23.4 Å². The summed E-state index contributed by atoms with van der Waals surface area (Å²) < 4.78 is 0. The first kappa shape index (κ1) is 14.7. The Hall–Kier alpha value is -1.71. The summed E-state index contributed by atoms with van der Waals surface area (Å²) in [6.45, 7) is 6.44. The molecule has 0 spiro atoms. The first-order valence-electron chi connectivity index (χ1n) is 7.49. The largest absolute Gasteiger partial charge is 0.409 e. The van der Waals surface area contributed by atoms with Crippen LogP contribution < -0.4 is 10.6 Å². The molecule has 0 aromatic heterocycles. The Morgan fingerprint density at radius 3 is 2.90 bits per heavy atom. The van der Waals surface area contributed by atoms with E-state index in [9.17, 15) is 0 Å². The van der Waals surface area contributed by atoms with Gasteiger partial charge in [-0.1, -0.05) is 24.6 Å². The molecule has 3 N–H and O–H groups in total. The Labute approximate surface area is 121 Å². The smallest absolute Gasteiger partial charge is 0.172 e. The molecule has 4 heteroatoms. The van der Waals surface area contributed by atoms with E-state index in [4.69, 9.17) is 10.9 Å². The molecule has 0 bridgehead atoms. The van der Waals surface area contributed by atoms with Crippen molar-refractivity contribution in [3.63, 3.8) is 0 Å². The van der Waals surface area contributed by atoms with Crippen molar-refractivity contribution >= 4 is 11.5 Å². The predicted octanol–water partition coefficient (Wildman–Crippen LogP) is 3.11. The predicted molar refractivity (Wildman–Crippen MR) is 83.5 cm³/mol. The molecule has 1 saturated heterocycles. The van der Waals surface area contributed by atoms with Crippen molar-refractivity contribution in [3.8, 4) is 0 Å². The standard InChI is InChI=1S/C16H25N3O/c1-3-13-5-4-9-19(10-8-13)15-11-12(2)6-7-14(15)16(17)18-20/h6-7,11,13,20H,3-5,8-10H2,1-2H3,(H2,17,18). The second-order valence-corrected chi connectivity index (χ2v) is 5.70. The average molecular weight is 275 g/mol. The molecule has 2 rings (SSSR count). The number of aryl methyl sites for hydroxylation is 1. The lowest BCUT2D eigenvalue weighted by molar-refractivity contribution is 0.318. The molecule has 1 aliphatic heterocycles. The van der Waals surface area contributed by atoms with Gasteiger partial charge < -0.3 is 15.8 Å². The number of anilines is 1. The summed E-state index contributed by atoms with van der Waals surface area (Å²) in [7, 11) is 0. The number of nitrogens with two attached hydrogens (primary N) is 1. The van der Waals surface area contributed by atoms with Crippen molar-refractivity contribution in [2.24, 2.45) is 16.8 Å². The molecular formula is C16H25N3O. The molecule has 0 aliphatic carbocycles. The molecule has 20 heavy (non-hydrogen) atoms. The van der Waals surface area contributed by atoms with E-state index in [2.05, 4.69) is 30.0 Å². The minimum atomic E-state index is 0.191. The highest BCUT2D eigenvalue weighted by Gasteiger charge is 2.19. The fourth-order valence-electron chi connectivity index (χ4n) is 2.99. The van der Waals surface area contributed by atoms with Gasteiger partial charge in [0.15, 0.2) is 5.84 Å². The zero-order valence-corrected chi connectivity index (χ0v) is 12.5. The van der Waals surface area contributed by atoms with E-state index in [0.717, 1.165) is 30.3 Å². The van der Waals surface area contributed by atoms with Crippen LogP contribution in [-0.4, -0.2) is 24.1 Å². The molecular weight excluding hydrogens is 250 g/mol. The Morgan fingerprint density at radius 1 is 1.40 bits per heavy atom. The summed E-state index contributed by atoms with van der Waals surface area (Å²) in [4.78, 5) is 2.38. The van der Waals surface area contributed by atoms with E-state index in [1.54, 1.807) is 0 Å². The van der Waals surface area contributed by atoms with Gasteiger partial charge in [-0.05, 0) is 49.8 Å². The van der Waals surface area contributed by atoms with Crippen LogP contribution in [0, 0.1) is 12.8 Å². The van der Waals surface area contributed by atoms with Crippen LogP contribution in [0.1, 0.15) is 43.7 Å². The van der Waals surface area contributed by atoms with Gasteiger partial charge in [-0.15, -0.1) is 0 Å². The number of rotatable bonds is 3. The molecule has 1 heterocycles. The van der Waals surface area contributed by atoms with Crippen LogP contribution in [0.5, 0.6) is 0 Å². The Kier molecular flexibility index (Phi) is 4.88. The monoisotopic (exact) mass is 275 g/mol. The molecule has 1 atom stereocenters. The minimum Gasteiger partial charge on any atom is -0.409 e. The van der Waals surface area contributed by atoms with Gasteiger partial charge in [0.05, 0.1) is 0 Å². The van der Waals surface area contributed by atoms with E-state index in [1.807, 2.05) is 12.1 Å². The summed E-state index contributed by atoms with van der Waals surface area (Å²) in [5, 5.41) is 12.1. The van der Waals surface area contributed by atoms with Gasteiger partial charge >= 0.3 is 0 Å². The maximum absolute atomic E-state index is 8.96. The van der Waals surface area contributed by atoms with Crippen LogP contribution in [0.4, 0.5) is 5.69 Å². The third-order valence-corrected chi connectivity index (χ3v) is 4.30. The van der Waals surface area contributed by atoms with Crippen molar-refractivity contribution in [1.29, 1.82) is 0 Å². The fraction of sp³-hybridized carbons (Fsp3) is 0.562. The number of oxime groups is 1. The van der Waals surface area contributed by atoms with Crippen LogP contribution in [0.3, 0.4) is 0 Å². The third-order valence-electron chi connectivity index (χ3n) is 4.30. The molecule has 4 nitrogen and oxygen atoms in total. The lowest BCUT2D eigenvalue weighted by Crippen LogP contribution is -2.28. The van der Waals surface area contributed by atoms with Gasteiger partial charge in [0, 0.05) is 24.3 Å². The molecule has 1 fully saturated rings. The molecule has 1 aromatic rings. The molecule has 0 amide bonds. The molecule has 1 aromatic carbocycles. The van der Waals surface area contributed by atoms with Crippen LogP contribution >= 0.6 is 0 Å². The molecule has 0 radical (unpaired) electrons. The van der Waals surface area contributed by atoms with Crippen LogP contribution in [-0.2, 0) is 0 Å². The topological polar surface area (TPSA) is 61.8 Å². The van der Waals surface area contributed by atoms with E-state index in [-0.39, 0.29) is 5.84 Å². The second-order valence-electron chi connectivity index (χ2n) is 5.70.